The second-order valence-corrected chi connectivity index (χ2v) is 7.24. The van der Waals surface area contributed by atoms with E-state index in [2.05, 4.69) is 20.6 Å². The Morgan fingerprint density at radius 1 is 1.26 bits per heavy atom. The fraction of sp³-hybridized carbons (Fsp3) is 0.500. The number of rotatable bonds is 6. The molecule has 0 aliphatic heterocycles. The molecule has 0 bridgehead atoms. The summed E-state index contributed by atoms with van der Waals surface area (Å²) in [5.41, 5.74) is 7.04. The van der Waals surface area contributed by atoms with Crippen LogP contribution in [-0.4, -0.2) is 34.4 Å². The molecule has 1 atom stereocenters. The summed E-state index contributed by atoms with van der Waals surface area (Å²) in [5.74, 6) is -0.175. The van der Waals surface area contributed by atoms with Crippen molar-refractivity contribution in [3.05, 3.63) is 29.5 Å². The van der Waals surface area contributed by atoms with E-state index in [0.717, 1.165) is 31.2 Å². The number of carbonyl (C=O) groups is 2. The van der Waals surface area contributed by atoms with E-state index >= 15 is 0 Å². The largest absolute Gasteiger partial charge is 0.368 e. The van der Waals surface area contributed by atoms with E-state index in [-0.39, 0.29) is 29.5 Å². The van der Waals surface area contributed by atoms with Crippen LogP contribution in [0.4, 0.5) is 5.95 Å². The van der Waals surface area contributed by atoms with Crippen LogP contribution in [0.2, 0.25) is 0 Å². The molecule has 1 fully saturated rings. The summed E-state index contributed by atoms with van der Waals surface area (Å²) in [6.07, 6.45) is 3.42. The highest BCUT2D eigenvalue weighted by atomic mass is 16.2. The van der Waals surface area contributed by atoms with Gasteiger partial charge in [0.15, 0.2) is 0 Å². The predicted octanol–water partition coefficient (Wildman–Crippen LogP) is 2.30. The maximum Gasteiger partial charge on any atom is 0.270 e. The lowest BCUT2D eigenvalue weighted by atomic mass is 9.63. The Bertz CT molecular complexity index is 876. The molecule has 27 heavy (non-hydrogen) atoms. The van der Waals surface area contributed by atoms with Gasteiger partial charge in [0.25, 0.3) is 5.91 Å². The zero-order valence-electron chi connectivity index (χ0n) is 16.1. The molecular formula is C20H27N5O2. The lowest BCUT2D eigenvalue weighted by molar-refractivity contribution is -0.129. The first-order chi connectivity index (χ1) is 12.9. The summed E-state index contributed by atoms with van der Waals surface area (Å²) in [6, 6.07) is 5.65. The molecule has 144 valence electrons. The average Bonchev–Trinajstić information content (AvgIpc) is 2.60. The number of nitrogen functional groups attached to an aromatic ring is 1. The van der Waals surface area contributed by atoms with Crippen molar-refractivity contribution < 1.29 is 9.59 Å². The minimum Gasteiger partial charge on any atom is -0.368 e. The number of carbonyl (C=O) groups excluding carboxylic acids is 2. The molecule has 1 aliphatic rings. The predicted molar refractivity (Wildman–Crippen MR) is 105 cm³/mol. The third kappa shape index (κ3) is 3.46. The van der Waals surface area contributed by atoms with Crippen LogP contribution in [0.15, 0.2) is 18.2 Å². The lowest BCUT2D eigenvalue weighted by Crippen LogP contribution is -2.49. The first kappa shape index (κ1) is 19.1. The summed E-state index contributed by atoms with van der Waals surface area (Å²) in [5, 5.41) is 6.50. The Kier molecular flexibility index (Phi) is 5.30. The van der Waals surface area contributed by atoms with Crippen molar-refractivity contribution in [2.24, 2.45) is 0 Å². The maximum atomic E-state index is 12.7. The first-order valence-corrected chi connectivity index (χ1v) is 9.58. The standard InChI is InChI=1S/C20H27N5O2/c1-4-12(3)23-17(26)16-14-11-13(7-8-15(14)24-19(21)25-16)20(9-6-10-20)18(27)22-5-2/h7-8,11-12H,4-6,9-10H2,1-3H3,(H,22,27)(H,23,26)(H2,21,24,25). The Labute approximate surface area is 159 Å². The third-order valence-electron chi connectivity index (χ3n) is 5.45. The molecule has 1 aliphatic carbocycles. The van der Waals surface area contributed by atoms with E-state index in [1.807, 2.05) is 39.0 Å². The normalized spacial score (nSPS) is 16.4. The van der Waals surface area contributed by atoms with Gasteiger partial charge in [-0.1, -0.05) is 19.4 Å². The minimum atomic E-state index is -0.532. The summed E-state index contributed by atoms with van der Waals surface area (Å²) < 4.78 is 0. The molecule has 0 spiro atoms. The summed E-state index contributed by atoms with van der Waals surface area (Å²) in [4.78, 5) is 33.9. The highest BCUT2D eigenvalue weighted by Gasteiger charge is 2.45. The number of amides is 2. The van der Waals surface area contributed by atoms with Crippen LogP contribution in [0.3, 0.4) is 0 Å². The Balaban J connectivity index is 2.08. The van der Waals surface area contributed by atoms with Gasteiger partial charge in [-0.05, 0) is 50.8 Å². The molecule has 3 rings (SSSR count). The molecule has 2 aromatic rings. The molecule has 0 radical (unpaired) electrons. The number of nitrogens with one attached hydrogen (secondary N) is 2. The number of anilines is 1. The van der Waals surface area contributed by atoms with Crippen molar-refractivity contribution in [2.75, 3.05) is 12.3 Å². The van der Waals surface area contributed by atoms with E-state index < -0.39 is 5.41 Å². The van der Waals surface area contributed by atoms with Gasteiger partial charge in [-0.15, -0.1) is 0 Å². The van der Waals surface area contributed by atoms with E-state index in [0.29, 0.717) is 17.4 Å². The molecule has 1 aromatic heterocycles. The topological polar surface area (TPSA) is 110 Å². The number of fused-ring (bicyclic) bond motifs is 1. The Morgan fingerprint density at radius 3 is 2.59 bits per heavy atom. The summed E-state index contributed by atoms with van der Waals surface area (Å²) in [6.45, 7) is 6.45. The number of likely N-dealkylation sites (N-methyl/N-ethyl adjacent to an activating group) is 1. The molecule has 7 heteroatoms. The van der Waals surface area contributed by atoms with Crippen LogP contribution in [0.25, 0.3) is 10.9 Å². The van der Waals surface area contributed by atoms with Gasteiger partial charge in [-0.3, -0.25) is 9.59 Å². The van der Waals surface area contributed by atoms with Crippen molar-refractivity contribution >= 4 is 28.7 Å². The number of aromatic nitrogens is 2. The molecule has 4 N–H and O–H groups in total. The number of nitrogens with two attached hydrogens (primary N) is 1. The van der Waals surface area contributed by atoms with Crippen LogP contribution in [0.5, 0.6) is 0 Å². The van der Waals surface area contributed by atoms with E-state index in [1.54, 1.807) is 0 Å². The van der Waals surface area contributed by atoms with Gasteiger partial charge >= 0.3 is 0 Å². The smallest absolute Gasteiger partial charge is 0.270 e. The van der Waals surface area contributed by atoms with Crippen molar-refractivity contribution in [1.29, 1.82) is 0 Å². The zero-order chi connectivity index (χ0) is 19.6. The number of nitrogens with zero attached hydrogens (tertiary/aromatic N) is 2. The van der Waals surface area contributed by atoms with Crippen LogP contribution in [-0.2, 0) is 10.2 Å². The SMILES string of the molecule is CCNC(=O)C1(c2ccc3nc(N)nc(C(=O)NC(C)CC)c3c2)CCC1. The minimum absolute atomic E-state index is 0.0280. The molecule has 1 saturated carbocycles. The van der Waals surface area contributed by atoms with Crippen molar-refractivity contribution in [3.8, 4) is 0 Å². The monoisotopic (exact) mass is 369 g/mol. The second-order valence-electron chi connectivity index (χ2n) is 7.24. The van der Waals surface area contributed by atoms with Crippen LogP contribution < -0.4 is 16.4 Å². The van der Waals surface area contributed by atoms with Gasteiger partial charge < -0.3 is 16.4 Å². The van der Waals surface area contributed by atoms with Gasteiger partial charge in [0, 0.05) is 18.0 Å². The van der Waals surface area contributed by atoms with E-state index in [1.165, 1.54) is 0 Å². The Hall–Kier alpha value is -2.70. The Morgan fingerprint density at radius 2 is 2.00 bits per heavy atom. The number of hydrogen-bond acceptors (Lipinski definition) is 5. The first-order valence-electron chi connectivity index (χ1n) is 9.58. The average molecular weight is 369 g/mol. The molecular weight excluding hydrogens is 342 g/mol. The highest BCUT2D eigenvalue weighted by molar-refractivity contribution is 6.05. The van der Waals surface area contributed by atoms with Crippen LogP contribution in [0.1, 0.15) is 62.5 Å². The fourth-order valence-electron chi connectivity index (χ4n) is 3.52. The zero-order valence-corrected chi connectivity index (χ0v) is 16.1. The van der Waals surface area contributed by atoms with Crippen LogP contribution >= 0.6 is 0 Å². The lowest BCUT2D eigenvalue weighted by Gasteiger charge is -2.40. The van der Waals surface area contributed by atoms with E-state index in [4.69, 9.17) is 5.73 Å². The van der Waals surface area contributed by atoms with Crippen molar-refractivity contribution in [1.82, 2.24) is 20.6 Å². The highest BCUT2D eigenvalue weighted by Crippen LogP contribution is 2.44. The number of benzene rings is 1. The molecule has 7 nitrogen and oxygen atoms in total. The molecule has 1 unspecified atom stereocenters. The molecule has 1 aromatic carbocycles. The van der Waals surface area contributed by atoms with Gasteiger partial charge in [0.1, 0.15) is 5.69 Å². The fourth-order valence-corrected chi connectivity index (χ4v) is 3.52. The van der Waals surface area contributed by atoms with Gasteiger partial charge in [0.05, 0.1) is 10.9 Å². The van der Waals surface area contributed by atoms with Crippen molar-refractivity contribution in [3.63, 3.8) is 0 Å². The van der Waals surface area contributed by atoms with Crippen molar-refractivity contribution in [2.45, 2.75) is 57.9 Å². The van der Waals surface area contributed by atoms with Gasteiger partial charge in [-0.2, -0.15) is 0 Å². The second kappa shape index (κ2) is 7.50. The van der Waals surface area contributed by atoms with E-state index in [9.17, 15) is 9.59 Å². The molecule has 1 heterocycles. The quantitative estimate of drug-likeness (QED) is 0.724. The number of hydrogen-bond donors (Lipinski definition) is 3. The summed E-state index contributed by atoms with van der Waals surface area (Å²) in [7, 11) is 0. The molecule has 0 saturated heterocycles. The van der Waals surface area contributed by atoms with Gasteiger partial charge in [0.2, 0.25) is 11.9 Å². The molecule has 2 amide bonds. The summed E-state index contributed by atoms with van der Waals surface area (Å²) >= 11 is 0. The van der Waals surface area contributed by atoms with Crippen LogP contribution in [0, 0.1) is 0 Å². The van der Waals surface area contributed by atoms with Gasteiger partial charge in [-0.25, -0.2) is 9.97 Å². The third-order valence-corrected chi connectivity index (χ3v) is 5.45. The maximum absolute atomic E-state index is 12.7.